The van der Waals surface area contributed by atoms with E-state index in [1.165, 1.54) is 10.4 Å². The molecule has 1 aliphatic carbocycles. The molecule has 21 heavy (non-hydrogen) atoms. The summed E-state index contributed by atoms with van der Waals surface area (Å²) in [5, 5.41) is 18.2. The summed E-state index contributed by atoms with van der Waals surface area (Å²) in [5.41, 5.74) is 0.949. The number of sulfonamides is 1. The largest absolute Gasteiger partial charge is 0.395 e. The minimum absolute atomic E-state index is 0.0488. The zero-order valence-electron chi connectivity index (χ0n) is 12.1. The van der Waals surface area contributed by atoms with Gasteiger partial charge in [-0.05, 0) is 37.5 Å². The first-order chi connectivity index (χ1) is 10.0. The summed E-state index contributed by atoms with van der Waals surface area (Å²) < 4.78 is 27.2. The second-order valence-corrected chi connectivity index (χ2v) is 7.23. The lowest BCUT2D eigenvalue weighted by atomic mass is 10.2. The highest BCUT2D eigenvalue weighted by molar-refractivity contribution is 7.89. The predicted octanol–water partition coefficient (Wildman–Crippen LogP) is 1.79. The van der Waals surface area contributed by atoms with Crippen LogP contribution in [0.15, 0.2) is 23.1 Å². The van der Waals surface area contributed by atoms with Crippen molar-refractivity contribution in [3.63, 3.8) is 0 Å². The predicted molar refractivity (Wildman–Crippen MR) is 79.1 cm³/mol. The van der Waals surface area contributed by atoms with Crippen molar-refractivity contribution in [3.05, 3.63) is 29.3 Å². The van der Waals surface area contributed by atoms with E-state index in [4.69, 9.17) is 5.26 Å². The molecule has 6 heteroatoms. The minimum Gasteiger partial charge on any atom is -0.395 e. The van der Waals surface area contributed by atoms with E-state index in [0.29, 0.717) is 11.1 Å². The molecule has 1 fully saturated rings. The average Bonchev–Trinajstić information content (AvgIpc) is 2.98. The molecule has 0 unspecified atom stereocenters. The van der Waals surface area contributed by atoms with E-state index in [0.717, 1.165) is 25.7 Å². The van der Waals surface area contributed by atoms with Crippen LogP contribution in [-0.4, -0.2) is 37.0 Å². The fourth-order valence-electron chi connectivity index (χ4n) is 2.86. The van der Waals surface area contributed by atoms with Gasteiger partial charge in [0, 0.05) is 12.6 Å². The van der Waals surface area contributed by atoms with Crippen molar-refractivity contribution in [2.75, 3.05) is 13.2 Å². The summed E-state index contributed by atoms with van der Waals surface area (Å²) in [6.45, 7) is 1.62. The van der Waals surface area contributed by atoms with Gasteiger partial charge in [-0.2, -0.15) is 9.57 Å². The lowest BCUT2D eigenvalue weighted by Gasteiger charge is -2.28. The van der Waals surface area contributed by atoms with E-state index < -0.39 is 10.0 Å². The Morgan fingerprint density at radius 2 is 2.05 bits per heavy atom. The van der Waals surface area contributed by atoms with Crippen LogP contribution in [0.1, 0.15) is 36.8 Å². The molecule has 0 saturated heterocycles. The van der Waals surface area contributed by atoms with Crippen LogP contribution in [0.25, 0.3) is 0 Å². The van der Waals surface area contributed by atoms with E-state index in [-0.39, 0.29) is 24.1 Å². The first-order valence-corrected chi connectivity index (χ1v) is 8.58. The number of hydrogen-bond acceptors (Lipinski definition) is 4. The summed E-state index contributed by atoms with van der Waals surface area (Å²) in [5.74, 6) is 0. The van der Waals surface area contributed by atoms with Crippen LogP contribution in [0.3, 0.4) is 0 Å². The van der Waals surface area contributed by atoms with E-state index >= 15 is 0 Å². The molecule has 5 nitrogen and oxygen atoms in total. The number of nitriles is 1. The number of aryl methyl sites for hydroxylation is 1. The quantitative estimate of drug-likeness (QED) is 0.899. The Morgan fingerprint density at radius 1 is 1.38 bits per heavy atom. The van der Waals surface area contributed by atoms with Gasteiger partial charge in [0.1, 0.15) is 0 Å². The third-order valence-electron chi connectivity index (χ3n) is 3.96. The molecule has 2 rings (SSSR count). The van der Waals surface area contributed by atoms with Crippen LogP contribution in [-0.2, 0) is 10.0 Å². The monoisotopic (exact) mass is 308 g/mol. The smallest absolute Gasteiger partial charge is 0.243 e. The fraction of sp³-hybridized carbons (Fsp3) is 0.533. The second-order valence-electron chi connectivity index (χ2n) is 5.37. The number of rotatable bonds is 5. The zero-order chi connectivity index (χ0) is 15.5. The Balaban J connectivity index is 2.45. The molecule has 0 radical (unpaired) electrons. The average molecular weight is 308 g/mol. The van der Waals surface area contributed by atoms with E-state index in [1.807, 2.05) is 6.07 Å². The first-order valence-electron chi connectivity index (χ1n) is 7.14. The van der Waals surface area contributed by atoms with E-state index in [1.54, 1.807) is 19.1 Å². The van der Waals surface area contributed by atoms with Crippen molar-refractivity contribution in [1.82, 2.24) is 4.31 Å². The van der Waals surface area contributed by atoms with Gasteiger partial charge in [0.05, 0.1) is 23.1 Å². The van der Waals surface area contributed by atoms with Crippen LogP contribution in [0.5, 0.6) is 0 Å². The molecule has 1 aromatic carbocycles. The van der Waals surface area contributed by atoms with Crippen molar-refractivity contribution in [3.8, 4) is 6.07 Å². The van der Waals surface area contributed by atoms with E-state index in [2.05, 4.69) is 0 Å². The molecule has 1 N–H and O–H groups in total. The molecule has 0 amide bonds. The van der Waals surface area contributed by atoms with Gasteiger partial charge in [-0.3, -0.25) is 0 Å². The van der Waals surface area contributed by atoms with Crippen molar-refractivity contribution < 1.29 is 13.5 Å². The van der Waals surface area contributed by atoms with Gasteiger partial charge in [-0.1, -0.05) is 18.9 Å². The first kappa shape index (κ1) is 16.0. The van der Waals surface area contributed by atoms with Gasteiger partial charge in [-0.15, -0.1) is 0 Å². The minimum atomic E-state index is -3.69. The second kappa shape index (κ2) is 6.56. The molecule has 1 aliphatic rings. The van der Waals surface area contributed by atoms with Gasteiger partial charge in [0.2, 0.25) is 10.0 Å². The number of benzene rings is 1. The molecule has 0 heterocycles. The third kappa shape index (κ3) is 3.26. The van der Waals surface area contributed by atoms with Gasteiger partial charge < -0.3 is 5.11 Å². The van der Waals surface area contributed by atoms with Crippen LogP contribution in [0, 0.1) is 18.3 Å². The van der Waals surface area contributed by atoms with Crippen LogP contribution >= 0.6 is 0 Å². The van der Waals surface area contributed by atoms with Crippen LogP contribution < -0.4 is 0 Å². The fourth-order valence-corrected chi connectivity index (χ4v) is 4.79. The normalized spacial score (nSPS) is 16.3. The summed E-state index contributed by atoms with van der Waals surface area (Å²) in [7, 11) is -3.69. The molecule has 0 atom stereocenters. The Morgan fingerprint density at radius 3 is 2.62 bits per heavy atom. The zero-order valence-corrected chi connectivity index (χ0v) is 12.9. The van der Waals surface area contributed by atoms with Crippen LogP contribution in [0.4, 0.5) is 0 Å². The van der Waals surface area contributed by atoms with Gasteiger partial charge >= 0.3 is 0 Å². The molecule has 0 aromatic heterocycles. The molecular formula is C15H20N2O3S. The summed E-state index contributed by atoms with van der Waals surface area (Å²) >= 11 is 0. The van der Waals surface area contributed by atoms with Gasteiger partial charge in [0.15, 0.2) is 0 Å². The number of aliphatic hydroxyl groups excluding tert-OH is 1. The number of hydrogen-bond donors (Lipinski definition) is 1. The number of aliphatic hydroxyl groups is 1. The maximum absolute atomic E-state index is 12.9. The third-order valence-corrected chi connectivity index (χ3v) is 6.05. The molecule has 0 spiro atoms. The molecule has 114 valence electrons. The van der Waals surface area contributed by atoms with E-state index in [9.17, 15) is 13.5 Å². The lowest BCUT2D eigenvalue weighted by Crippen LogP contribution is -2.40. The Hall–Kier alpha value is -1.42. The summed E-state index contributed by atoms with van der Waals surface area (Å²) in [4.78, 5) is 0.168. The summed E-state index contributed by atoms with van der Waals surface area (Å²) in [6.07, 6.45) is 3.69. The Labute approximate surface area is 125 Å². The highest BCUT2D eigenvalue weighted by Gasteiger charge is 2.33. The van der Waals surface area contributed by atoms with Crippen LogP contribution in [0.2, 0.25) is 0 Å². The SMILES string of the molecule is Cc1ccc(C#N)cc1S(=O)(=O)N(CCO)C1CCCC1. The van der Waals surface area contributed by atoms with Gasteiger partial charge in [0.25, 0.3) is 0 Å². The Bertz CT molecular complexity index is 643. The van der Waals surface area contributed by atoms with Crippen molar-refractivity contribution in [2.24, 2.45) is 0 Å². The molecule has 0 aliphatic heterocycles. The topological polar surface area (TPSA) is 81.4 Å². The van der Waals surface area contributed by atoms with Gasteiger partial charge in [-0.25, -0.2) is 8.42 Å². The summed E-state index contributed by atoms with van der Waals surface area (Å²) in [6, 6.07) is 6.61. The highest BCUT2D eigenvalue weighted by Crippen LogP contribution is 2.29. The van der Waals surface area contributed by atoms with Crippen molar-refractivity contribution in [1.29, 1.82) is 5.26 Å². The standard InChI is InChI=1S/C15H20N2O3S/c1-12-6-7-13(11-16)10-15(12)21(19,20)17(8-9-18)14-4-2-3-5-14/h6-7,10,14,18H,2-5,8-9H2,1H3. The maximum Gasteiger partial charge on any atom is 0.243 e. The lowest BCUT2D eigenvalue weighted by molar-refractivity contribution is 0.226. The molecular weight excluding hydrogens is 288 g/mol. The van der Waals surface area contributed by atoms with Crippen molar-refractivity contribution >= 4 is 10.0 Å². The Kier molecular flexibility index (Phi) is 4.99. The maximum atomic E-state index is 12.9. The van der Waals surface area contributed by atoms with Crippen molar-refractivity contribution in [2.45, 2.75) is 43.5 Å². The highest BCUT2D eigenvalue weighted by atomic mass is 32.2. The molecule has 1 aromatic rings. The number of nitrogens with zero attached hydrogens (tertiary/aromatic N) is 2. The molecule has 0 bridgehead atoms. The molecule has 1 saturated carbocycles.